The molecule has 16 heavy (non-hydrogen) atoms. The Labute approximate surface area is 96.7 Å². The van der Waals surface area contributed by atoms with Gasteiger partial charge in [0, 0.05) is 5.56 Å². The van der Waals surface area contributed by atoms with Crippen LogP contribution in [0.4, 0.5) is 0 Å². The van der Waals surface area contributed by atoms with Crippen LogP contribution in [-0.2, 0) is 0 Å². The molecule has 1 nitrogen and oxygen atoms in total. The van der Waals surface area contributed by atoms with E-state index in [1.807, 2.05) is 18.2 Å². The molecule has 2 rings (SSSR count). The fourth-order valence-corrected chi connectivity index (χ4v) is 1.89. The van der Waals surface area contributed by atoms with Crippen LogP contribution in [0.1, 0.15) is 11.1 Å². The van der Waals surface area contributed by atoms with Crippen molar-refractivity contribution >= 4 is 0 Å². The molecule has 0 unspecified atom stereocenters. The molecule has 0 radical (unpaired) electrons. The molecule has 0 aliphatic rings. The Morgan fingerprint density at radius 1 is 0.875 bits per heavy atom. The van der Waals surface area contributed by atoms with Gasteiger partial charge in [-0.3, -0.25) is 0 Å². The second-order valence-corrected chi connectivity index (χ2v) is 4.02. The standard InChI is InChI=1S/C15H16O/c1-11-8-9-12(2)14(10-11)13-6-4-5-7-15(13)16-3/h4-10H,1-3H3. The zero-order valence-corrected chi connectivity index (χ0v) is 9.95. The Morgan fingerprint density at radius 3 is 2.38 bits per heavy atom. The zero-order valence-electron chi connectivity index (χ0n) is 9.95. The Kier molecular flexibility index (Phi) is 2.95. The fraction of sp³-hybridized carbons (Fsp3) is 0.200. The summed E-state index contributed by atoms with van der Waals surface area (Å²) in [7, 11) is 1.71. The van der Waals surface area contributed by atoms with E-state index in [2.05, 4.69) is 38.1 Å². The third-order valence-corrected chi connectivity index (χ3v) is 2.79. The molecule has 1 heteroatoms. The van der Waals surface area contributed by atoms with Crippen molar-refractivity contribution < 1.29 is 4.74 Å². The highest BCUT2D eigenvalue weighted by molar-refractivity contribution is 5.73. The van der Waals surface area contributed by atoms with Gasteiger partial charge in [0.25, 0.3) is 0 Å². The first-order chi connectivity index (χ1) is 7.72. The number of para-hydroxylation sites is 1. The van der Waals surface area contributed by atoms with Crippen LogP contribution in [0, 0.1) is 13.8 Å². The molecule has 2 aromatic rings. The Balaban J connectivity index is 2.62. The highest BCUT2D eigenvalue weighted by Crippen LogP contribution is 2.32. The van der Waals surface area contributed by atoms with Crippen LogP contribution in [-0.4, -0.2) is 7.11 Å². The Morgan fingerprint density at radius 2 is 1.62 bits per heavy atom. The lowest BCUT2D eigenvalue weighted by atomic mass is 9.98. The van der Waals surface area contributed by atoms with Crippen molar-refractivity contribution in [2.45, 2.75) is 13.8 Å². The molecule has 0 fully saturated rings. The molecule has 0 heterocycles. The molecule has 0 atom stereocenters. The normalized spacial score (nSPS) is 10.2. The number of hydrogen-bond acceptors (Lipinski definition) is 1. The van der Waals surface area contributed by atoms with Gasteiger partial charge in [-0.1, -0.05) is 42.0 Å². The monoisotopic (exact) mass is 212 g/mol. The lowest BCUT2D eigenvalue weighted by molar-refractivity contribution is 0.416. The predicted molar refractivity (Wildman–Crippen MR) is 67.9 cm³/mol. The first kappa shape index (κ1) is 10.7. The van der Waals surface area contributed by atoms with Crippen LogP contribution >= 0.6 is 0 Å². The molecular formula is C15H16O. The van der Waals surface area contributed by atoms with E-state index in [4.69, 9.17) is 4.74 Å². The molecule has 0 amide bonds. The lowest BCUT2D eigenvalue weighted by Crippen LogP contribution is -1.90. The first-order valence-electron chi connectivity index (χ1n) is 5.43. The van der Waals surface area contributed by atoms with Crippen molar-refractivity contribution in [3.63, 3.8) is 0 Å². The van der Waals surface area contributed by atoms with Crippen LogP contribution < -0.4 is 4.74 Å². The van der Waals surface area contributed by atoms with Gasteiger partial charge in [-0.25, -0.2) is 0 Å². The summed E-state index contributed by atoms with van der Waals surface area (Å²) in [5.41, 5.74) is 4.95. The second-order valence-electron chi connectivity index (χ2n) is 4.02. The number of aryl methyl sites for hydroxylation is 2. The fourth-order valence-electron chi connectivity index (χ4n) is 1.89. The average Bonchev–Trinajstić information content (AvgIpc) is 2.32. The van der Waals surface area contributed by atoms with E-state index in [0.29, 0.717) is 0 Å². The van der Waals surface area contributed by atoms with E-state index >= 15 is 0 Å². The maximum atomic E-state index is 5.39. The first-order valence-corrected chi connectivity index (χ1v) is 5.43. The average molecular weight is 212 g/mol. The lowest BCUT2D eigenvalue weighted by Gasteiger charge is -2.11. The number of rotatable bonds is 2. The molecule has 0 spiro atoms. The predicted octanol–water partition coefficient (Wildman–Crippen LogP) is 3.98. The van der Waals surface area contributed by atoms with E-state index in [0.717, 1.165) is 11.3 Å². The van der Waals surface area contributed by atoms with Crippen LogP contribution in [0.25, 0.3) is 11.1 Å². The summed E-state index contributed by atoms with van der Waals surface area (Å²) >= 11 is 0. The topological polar surface area (TPSA) is 9.23 Å². The van der Waals surface area contributed by atoms with Gasteiger partial charge in [-0.2, -0.15) is 0 Å². The smallest absolute Gasteiger partial charge is 0.126 e. The van der Waals surface area contributed by atoms with E-state index in [1.54, 1.807) is 7.11 Å². The van der Waals surface area contributed by atoms with E-state index < -0.39 is 0 Å². The molecule has 0 N–H and O–H groups in total. The third-order valence-electron chi connectivity index (χ3n) is 2.79. The Bertz CT molecular complexity index is 501. The molecule has 0 aromatic heterocycles. The van der Waals surface area contributed by atoms with Gasteiger partial charge in [-0.15, -0.1) is 0 Å². The van der Waals surface area contributed by atoms with Crippen molar-refractivity contribution in [2.24, 2.45) is 0 Å². The molecule has 82 valence electrons. The van der Waals surface area contributed by atoms with E-state index in [9.17, 15) is 0 Å². The zero-order chi connectivity index (χ0) is 11.5. The van der Waals surface area contributed by atoms with Crippen molar-refractivity contribution in [1.82, 2.24) is 0 Å². The van der Waals surface area contributed by atoms with Crippen LogP contribution in [0.15, 0.2) is 42.5 Å². The molecule has 0 aliphatic heterocycles. The van der Waals surface area contributed by atoms with Gasteiger partial charge in [0.2, 0.25) is 0 Å². The van der Waals surface area contributed by atoms with Gasteiger partial charge in [0.05, 0.1) is 7.11 Å². The van der Waals surface area contributed by atoms with Crippen molar-refractivity contribution in [3.8, 4) is 16.9 Å². The van der Waals surface area contributed by atoms with Gasteiger partial charge in [-0.05, 0) is 31.0 Å². The van der Waals surface area contributed by atoms with E-state index in [-0.39, 0.29) is 0 Å². The highest BCUT2D eigenvalue weighted by atomic mass is 16.5. The molecule has 0 bridgehead atoms. The van der Waals surface area contributed by atoms with Crippen LogP contribution in [0.3, 0.4) is 0 Å². The summed E-state index contributed by atoms with van der Waals surface area (Å²) in [4.78, 5) is 0. The van der Waals surface area contributed by atoms with Crippen LogP contribution in [0.2, 0.25) is 0 Å². The summed E-state index contributed by atoms with van der Waals surface area (Å²) in [6, 6.07) is 14.6. The molecule has 0 aliphatic carbocycles. The molecule has 2 aromatic carbocycles. The van der Waals surface area contributed by atoms with Crippen molar-refractivity contribution in [2.75, 3.05) is 7.11 Å². The minimum Gasteiger partial charge on any atom is -0.496 e. The molecule has 0 saturated heterocycles. The summed E-state index contributed by atoms with van der Waals surface area (Å²) in [6.45, 7) is 4.24. The van der Waals surface area contributed by atoms with Crippen LogP contribution in [0.5, 0.6) is 5.75 Å². The number of benzene rings is 2. The third kappa shape index (κ3) is 1.94. The maximum absolute atomic E-state index is 5.39. The minimum absolute atomic E-state index is 0.927. The largest absolute Gasteiger partial charge is 0.496 e. The summed E-state index contributed by atoms with van der Waals surface area (Å²) in [6.07, 6.45) is 0. The summed E-state index contributed by atoms with van der Waals surface area (Å²) in [5.74, 6) is 0.927. The number of methoxy groups -OCH3 is 1. The summed E-state index contributed by atoms with van der Waals surface area (Å²) in [5, 5.41) is 0. The summed E-state index contributed by atoms with van der Waals surface area (Å²) < 4.78 is 5.39. The number of hydrogen-bond donors (Lipinski definition) is 0. The maximum Gasteiger partial charge on any atom is 0.126 e. The molecular weight excluding hydrogens is 196 g/mol. The SMILES string of the molecule is COc1ccccc1-c1cc(C)ccc1C. The quantitative estimate of drug-likeness (QED) is 0.731. The second kappa shape index (κ2) is 4.40. The van der Waals surface area contributed by atoms with Gasteiger partial charge >= 0.3 is 0 Å². The van der Waals surface area contributed by atoms with E-state index in [1.165, 1.54) is 16.7 Å². The van der Waals surface area contributed by atoms with Crippen molar-refractivity contribution in [1.29, 1.82) is 0 Å². The van der Waals surface area contributed by atoms with Gasteiger partial charge in [0.15, 0.2) is 0 Å². The highest BCUT2D eigenvalue weighted by Gasteiger charge is 2.07. The number of ether oxygens (including phenoxy) is 1. The van der Waals surface area contributed by atoms with Crippen molar-refractivity contribution in [3.05, 3.63) is 53.6 Å². The minimum atomic E-state index is 0.927. The Hall–Kier alpha value is -1.76. The van der Waals surface area contributed by atoms with Gasteiger partial charge < -0.3 is 4.74 Å². The molecule has 0 saturated carbocycles. The van der Waals surface area contributed by atoms with Gasteiger partial charge in [0.1, 0.15) is 5.75 Å².